The smallest absolute Gasteiger partial charge is 0.0414 e. The molecule has 1 aromatic rings. The largest absolute Gasteiger partial charge is 0.292 e. The van der Waals surface area contributed by atoms with Crippen molar-refractivity contribution in [2.75, 3.05) is 7.05 Å². The van der Waals surface area contributed by atoms with Crippen LogP contribution < -0.4 is 0 Å². The molecule has 0 N–H and O–H groups in total. The second kappa shape index (κ2) is 3.91. The van der Waals surface area contributed by atoms with Crippen LogP contribution in [0.2, 0.25) is 0 Å². The second-order valence-electron chi connectivity index (χ2n) is 2.39. The molecule has 0 saturated heterocycles. The zero-order valence-electron chi connectivity index (χ0n) is 7.04. The molecule has 0 atom stereocenters. The van der Waals surface area contributed by atoms with Gasteiger partial charge in [0.25, 0.3) is 0 Å². The Hall–Kier alpha value is -1.11. The van der Waals surface area contributed by atoms with Gasteiger partial charge in [-0.2, -0.15) is 0 Å². The fraction of sp³-hybridized carbons (Fsp3) is 0.300. The normalized spacial score (nSPS) is 11.6. The molecule has 1 aromatic carbocycles. The second-order valence-corrected chi connectivity index (χ2v) is 2.39. The Morgan fingerprint density at radius 3 is 2.36 bits per heavy atom. The Morgan fingerprint density at radius 2 is 1.91 bits per heavy atom. The van der Waals surface area contributed by atoms with Gasteiger partial charge in [0.05, 0.1) is 0 Å². The van der Waals surface area contributed by atoms with Gasteiger partial charge in [-0.3, -0.25) is 4.99 Å². The SMILES string of the molecule is CC/C(=N\C)c1ccccc1. The summed E-state index contributed by atoms with van der Waals surface area (Å²) in [6.45, 7) is 2.12. The van der Waals surface area contributed by atoms with Crippen LogP contribution in [0.1, 0.15) is 18.9 Å². The molecule has 1 nitrogen and oxygen atoms in total. The lowest BCUT2D eigenvalue weighted by molar-refractivity contribution is 1.24. The van der Waals surface area contributed by atoms with Gasteiger partial charge in [0.15, 0.2) is 0 Å². The maximum atomic E-state index is 4.19. The van der Waals surface area contributed by atoms with Crippen LogP contribution in [-0.4, -0.2) is 12.8 Å². The van der Waals surface area contributed by atoms with E-state index in [1.165, 1.54) is 11.3 Å². The predicted molar refractivity (Wildman–Crippen MR) is 49.2 cm³/mol. The van der Waals surface area contributed by atoms with Crippen molar-refractivity contribution in [3.63, 3.8) is 0 Å². The molecule has 1 heteroatoms. The van der Waals surface area contributed by atoms with Gasteiger partial charge in [0.2, 0.25) is 0 Å². The van der Waals surface area contributed by atoms with E-state index < -0.39 is 0 Å². The summed E-state index contributed by atoms with van der Waals surface area (Å²) in [5.41, 5.74) is 2.41. The molecule has 0 amide bonds. The highest BCUT2D eigenvalue weighted by Gasteiger charge is 1.95. The fourth-order valence-corrected chi connectivity index (χ4v) is 1.12. The molecule has 58 valence electrons. The van der Waals surface area contributed by atoms with E-state index in [0.29, 0.717) is 0 Å². The molecule has 0 aliphatic rings. The van der Waals surface area contributed by atoms with Crippen molar-refractivity contribution in [3.05, 3.63) is 35.9 Å². The summed E-state index contributed by atoms with van der Waals surface area (Å²) in [5.74, 6) is 0. The van der Waals surface area contributed by atoms with Crippen LogP contribution >= 0.6 is 0 Å². The number of benzene rings is 1. The molecule has 0 aromatic heterocycles. The van der Waals surface area contributed by atoms with E-state index in [4.69, 9.17) is 0 Å². The standard InChI is InChI=1S/C10H13N/c1-3-10(11-2)9-7-5-4-6-8-9/h4-8H,3H2,1-2H3/b11-10+. The van der Waals surface area contributed by atoms with Crippen molar-refractivity contribution in [1.29, 1.82) is 0 Å². The van der Waals surface area contributed by atoms with Gasteiger partial charge >= 0.3 is 0 Å². The van der Waals surface area contributed by atoms with Gasteiger partial charge in [-0.15, -0.1) is 0 Å². The van der Waals surface area contributed by atoms with Gasteiger partial charge in [-0.1, -0.05) is 37.3 Å². The number of rotatable bonds is 2. The minimum absolute atomic E-state index is 1.00. The summed E-state index contributed by atoms with van der Waals surface area (Å²) in [7, 11) is 1.84. The van der Waals surface area contributed by atoms with E-state index in [2.05, 4.69) is 24.0 Å². The van der Waals surface area contributed by atoms with Gasteiger partial charge in [0.1, 0.15) is 0 Å². The van der Waals surface area contributed by atoms with Crippen LogP contribution in [0.15, 0.2) is 35.3 Å². The van der Waals surface area contributed by atoms with Crippen LogP contribution in [0.5, 0.6) is 0 Å². The molecule has 0 heterocycles. The molecule has 0 aliphatic carbocycles. The van der Waals surface area contributed by atoms with Crippen LogP contribution in [0.3, 0.4) is 0 Å². The Kier molecular flexibility index (Phi) is 2.84. The first-order valence-electron chi connectivity index (χ1n) is 3.89. The van der Waals surface area contributed by atoms with E-state index in [-0.39, 0.29) is 0 Å². The maximum absolute atomic E-state index is 4.19. The number of hydrogen-bond acceptors (Lipinski definition) is 1. The van der Waals surface area contributed by atoms with Gasteiger partial charge in [-0.05, 0) is 12.0 Å². The van der Waals surface area contributed by atoms with Gasteiger partial charge < -0.3 is 0 Å². The lowest BCUT2D eigenvalue weighted by atomic mass is 10.1. The molecule has 0 radical (unpaired) electrons. The Morgan fingerprint density at radius 1 is 1.27 bits per heavy atom. The number of nitrogens with zero attached hydrogens (tertiary/aromatic N) is 1. The topological polar surface area (TPSA) is 12.4 Å². The molecule has 11 heavy (non-hydrogen) atoms. The van der Waals surface area contributed by atoms with Crippen LogP contribution in [0.25, 0.3) is 0 Å². The van der Waals surface area contributed by atoms with Gasteiger partial charge in [0, 0.05) is 12.8 Å². The summed E-state index contributed by atoms with van der Waals surface area (Å²) >= 11 is 0. The molecular weight excluding hydrogens is 134 g/mol. The summed E-state index contributed by atoms with van der Waals surface area (Å²) in [6, 6.07) is 10.3. The fourth-order valence-electron chi connectivity index (χ4n) is 1.12. The van der Waals surface area contributed by atoms with Gasteiger partial charge in [-0.25, -0.2) is 0 Å². The highest BCUT2D eigenvalue weighted by atomic mass is 14.7. The molecule has 0 aliphatic heterocycles. The summed E-state index contributed by atoms with van der Waals surface area (Å²) < 4.78 is 0. The first-order valence-corrected chi connectivity index (χ1v) is 3.89. The quantitative estimate of drug-likeness (QED) is 0.570. The Labute approximate surface area is 67.8 Å². The summed E-state index contributed by atoms with van der Waals surface area (Å²) in [4.78, 5) is 4.19. The summed E-state index contributed by atoms with van der Waals surface area (Å²) in [5, 5.41) is 0. The number of aliphatic imine (C=N–C) groups is 1. The first kappa shape index (κ1) is 7.99. The average molecular weight is 147 g/mol. The zero-order chi connectivity index (χ0) is 8.10. The van der Waals surface area contributed by atoms with E-state index in [9.17, 15) is 0 Å². The van der Waals surface area contributed by atoms with Crippen molar-refractivity contribution < 1.29 is 0 Å². The lowest BCUT2D eigenvalue weighted by Gasteiger charge is -2.00. The molecule has 0 spiro atoms. The molecule has 0 bridgehead atoms. The first-order chi connectivity index (χ1) is 5.38. The number of hydrogen-bond donors (Lipinski definition) is 0. The molecule has 0 saturated carbocycles. The average Bonchev–Trinajstić information content (AvgIpc) is 2.09. The highest BCUT2D eigenvalue weighted by molar-refractivity contribution is 6.00. The van der Waals surface area contributed by atoms with E-state index in [0.717, 1.165) is 6.42 Å². The third kappa shape index (κ3) is 1.90. The van der Waals surface area contributed by atoms with Crippen molar-refractivity contribution in [1.82, 2.24) is 0 Å². The minimum atomic E-state index is 1.00. The van der Waals surface area contributed by atoms with Crippen molar-refractivity contribution in [2.24, 2.45) is 4.99 Å². The molecule has 1 rings (SSSR count). The van der Waals surface area contributed by atoms with Crippen molar-refractivity contribution >= 4 is 5.71 Å². The van der Waals surface area contributed by atoms with Crippen molar-refractivity contribution in [2.45, 2.75) is 13.3 Å². The van der Waals surface area contributed by atoms with Crippen LogP contribution in [0, 0.1) is 0 Å². The zero-order valence-corrected chi connectivity index (χ0v) is 7.04. The Balaban J connectivity index is 2.92. The highest BCUT2D eigenvalue weighted by Crippen LogP contribution is 2.03. The van der Waals surface area contributed by atoms with E-state index in [1.807, 2.05) is 25.2 Å². The lowest BCUT2D eigenvalue weighted by Crippen LogP contribution is -1.97. The van der Waals surface area contributed by atoms with E-state index >= 15 is 0 Å². The maximum Gasteiger partial charge on any atom is 0.0414 e. The third-order valence-electron chi connectivity index (χ3n) is 1.71. The monoisotopic (exact) mass is 147 g/mol. The third-order valence-corrected chi connectivity index (χ3v) is 1.71. The predicted octanol–water partition coefficient (Wildman–Crippen LogP) is 2.52. The van der Waals surface area contributed by atoms with Crippen LogP contribution in [0.4, 0.5) is 0 Å². The van der Waals surface area contributed by atoms with E-state index in [1.54, 1.807) is 0 Å². The minimum Gasteiger partial charge on any atom is -0.292 e. The molecular formula is C10H13N. The van der Waals surface area contributed by atoms with Crippen LogP contribution in [-0.2, 0) is 0 Å². The summed E-state index contributed by atoms with van der Waals surface area (Å²) in [6.07, 6.45) is 1.00. The Bertz CT molecular complexity index is 236. The van der Waals surface area contributed by atoms with Crippen molar-refractivity contribution in [3.8, 4) is 0 Å². The molecule has 0 unspecified atom stereocenters. The molecule has 0 fully saturated rings.